The number of anilines is 1. The molecule has 5 atom stereocenters. The normalized spacial score (nSPS) is 26.9. The van der Waals surface area contributed by atoms with E-state index in [0.29, 0.717) is 11.2 Å². The maximum atomic E-state index is 11.9. The Morgan fingerprint density at radius 3 is 2.61 bits per heavy atom. The second-order valence-electron chi connectivity index (χ2n) is 8.72. The Labute approximate surface area is 209 Å². The lowest BCUT2D eigenvalue weighted by Gasteiger charge is -2.30. The fraction of sp³-hybridized carbons (Fsp3) is 0.684. The van der Waals surface area contributed by atoms with Gasteiger partial charge in [-0.05, 0) is 24.4 Å². The molecule has 2 aliphatic rings. The molecule has 6 N–H and O–H groups in total. The van der Waals surface area contributed by atoms with Gasteiger partial charge in [0.1, 0.15) is 24.1 Å². The standard InChI is InChI=1S/C19H27ClN5O10P/c1-33-8-19(17(28)29,36(30,31)32)34-7-11-12(26)13(27)16(35-11)25-15-10(6-21-25)14(23-18(20)24-15)22-9-4-2-3-5-9/h6,9,11-13,16,26-27H,2-5,7-8H2,1H3,(H,28,29)(H,22,23,24)(H2,30,31,32)/t11-,12-,13-,16-,19?/m0/s1. The first kappa shape index (κ1) is 27.1. The molecule has 0 aromatic carbocycles. The van der Waals surface area contributed by atoms with E-state index in [0.717, 1.165) is 32.8 Å². The third-order valence-electron chi connectivity index (χ3n) is 6.33. The molecule has 200 valence electrons. The molecular formula is C19H27ClN5O10P. The number of nitrogens with one attached hydrogen (secondary N) is 1. The van der Waals surface area contributed by atoms with Crippen LogP contribution >= 0.6 is 19.2 Å². The highest BCUT2D eigenvalue weighted by molar-refractivity contribution is 7.54. The van der Waals surface area contributed by atoms with Crippen LogP contribution in [0.15, 0.2) is 6.20 Å². The van der Waals surface area contributed by atoms with Crippen molar-refractivity contribution in [2.24, 2.45) is 0 Å². The van der Waals surface area contributed by atoms with Crippen molar-refractivity contribution in [1.29, 1.82) is 0 Å². The average molecular weight is 552 g/mol. The first-order valence-electron chi connectivity index (χ1n) is 11.1. The van der Waals surface area contributed by atoms with Crippen LogP contribution < -0.4 is 5.32 Å². The van der Waals surface area contributed by atoms with Crippen molar-refractivity contribution in [2.45, 2.75) is 61.6 Å². The van der Waals surface area contributed by atoms with Gasteiger partial charge in [-0.2, -0.15) is 15.1 Å². The summed E-state index contributed by atoms with van der Waals surface area (Å²) in [7, 11) is -4.35. The van der Waals surface area contributed by atoms with Crippen LogP contribution in [-0.4, -0.2) is 101 Å². The zero-order valence-electron chi connectivity index (χ0n) is 19.1. The third-order valence-corrected chi connectivity index (χ3v) is 7.89. The molecule has 17 heteroatoms. The number of aliphatic hydroxyl groups excluding tert-OH is 2. The fourth-order valence-corrected chi connectivity index (χ4v) is 5.36. The monoisotopic (exact) mass is 551 g/mol. The highest BCUT2D eigenvalue weighted by Crippen LogP contribution is 2.52. The van der Waals surface area contributed by atoms with Crippen LogP contribution in [0.1, 0.15) is 31.9 Å². The number of rotatable bonds is 10. The van der Waals surface area contributed by atoms with Crippen LogP contribution in [0.25, 0.3) is 11.0 Å². The Morgan fingerprint density at radius 2 is 2.00 bits per heavy atom. The van der Waals surface area contributed by atoms with Crippen LogP contribution in [0.4, 0.5) is 5.82 Å². The minimum absolute atomic E-state index is 0.0786. The van der Waals surface area contributed by atoms with Crippen molar-refractivity contribution in [3.8, 4) is 0 Å². The molecule has 0 bridgehead atoms. The molecular weight excluding hydrogens is 525 g/mol. The lowest BCUT2D eigenvalue weighted by molar-refractivity contribution is -0.169. The molecule has 4 rings (SSSR count). The molecule has 36 heavy (non-hydrogen) atoms. The Morgan fingerprint density at radius 1 is 1.31 bits per heavy atom. The molecule has 2 fully saturated rings. The van der Waals surface area contributed by atoms with Gasteiger partial charge in [-0.15, -0.1) is 0 Å². The SMILES string of the molecule is COCC(OC[C@@H]1O[C@H](n2ncc3c(NC4CCCC4)nc(Cl)nc32)[C@@H](O)[C@H]1O)(C(=O)O)P(=O)(O)O. The van der Waals surface area contributed by atoms with Gasteiger partial charge in [0.05, 0.1) is 24.8 Å². The number of ether oxygens (including phenoxy) is 3. The third kappa shape index (κ3) is 4.95. The number of hydrogen-bond donors (Lipinski definition) is 6. The Bertz CT molecular complexity index is 1160. The Hall–Kier alpha value is -1.94. The van der Waals surface area contributed by atoms with Crippen molar-refractivity contribution in [1.82, 2.24) is 19.7 Å². The van der Waals surface area contributed by atoms with E-state index in [1.807, 2.05) is 0 Å². The summed E-state index contributed by atoms with van der Waals surface area (Å²) < 4.78 is 28.6. The van der Waals surface area contributed by atoms with E-state index < -0.39 is 56.7 Å². The number of aliphatic carboxylic acids is 1. The van der Waals surface area contributed by atoms with E-state index in [2.05, 4.69) is 25.1 Å². The van der Waals surface area contributed by atoms with Gasteiger partial charge in [-0.25, -0.2) is 9.48 Å². The van der Waals surface area contributed by atoms with Gasteiger partial charge in [0.15, 0.2) is 11.9 Å². The van der Waals surface area contributed by atoms with Crippen molar-refractivity contribution >= 4 is 42.0 Å². The average Bonchev–Trinajstić information content (AvgIpc) is 3.52. The molecule has 1 aliphatic heterocycles. The molecule has 3 heterocycles. The summed E-state index contributed by atoms with van der Waals surface area (Å²) in [6, 6.07) is 0.217. The number of aliphatic hydroxyl groups is 2. The minimum atomic E-state index is -5.39. The van der Waals surface area contributed by atoms with Gasteiger partial charge in [0.25, 0.3) is 5.34 Å². The first-order valence-corrected chi connectivity index (χ1v) is 13.1. The predicted octanol–water partition coefficient (Wildman–Crippen LogP) is 0.0750. The number of hydrogen-bond acceptors (Lipinski definition) is 11. The van der Waals surface area contributed by atoms with Gasteiger partial charge in [-0.3, -0.25) is 4.57 Å². The number of nitrogens with zero attached hydrogens (tertiary/aromatic N) is 4. The lowest BCUT2D eigenvalue weighted by atomic mass is 10.1. The fourth-order valence-electron chi connectivity index (χ4n) is 4.40. The highest BCUT2D eigenvalue weighted by atomic mass is 35.5. The van der Waals surface area contributed by atoms with E-state index in [-0.39, 0.29) is 17.0 Å². The minimum Gasteiger partial charge on any atom is -0.479 e. The predicted molar refractivity (Wildman–Crippen MR) is 122 cm³/mol. The Kier molecular flexibility index (Phi) is 7.86. The summed E-state index contributed by atoms with van der Waals surface area (Å²) >= 11 is 6.12. The van der Waals surface area contributed by atoms with Gasteiger partial charge in [-0.1, -0.05) is 12.8 Å². The molecule has 0 amide bonds. The van der Waals surface area contributed by atoms with Gasteiger partial charge in [0.2, 0.25) is 5.28 Å². The van der Waals surface area contributed by atoms with Crippen LogP contribution in [-0.2, 0) is 23.6 Å². The molecule has 2 aromatic heterocycles. The van der Waals surface area contributed by atoms with Crippen LogP contribution in [0.2, 0.25) is 5.28 Å². The largest absolute Gasteiger partial charge is 0.479 e. The van der Waals surface area contributed by atoms with Crippen LogP contribution in [0, 0.1) is 0 Å². The maximum Gasteiger partial charge on any atom is 0.371 e. The number of carboxylic acid groups (broad SMARTS) is 1. The first-order chi connectivity index (χ1) is 17.0. The number of carbonyl (C=O) groups is 1. The lowest BCUT2D eigenvalue weighted by Crippen LogP contribution is -2.48. The van der Waals surface area contributed by atoms with Gasteiger partial charge in [0, 0.05) is 13.2 Å². The van der Waals surface area contributed by atoms with E-state index in [4.69, 9.17) is 21.1 Å². The van der Waals surface area contributed by atoms with Gasteiger partial charge >= 0.3 is 13.6 Å². The van der Waals surface area contributed by atoms with Crippen molar-refractivity contribution in [3.05, 3.63) is 11.5 Å². The van der Waals surface area contributed by atoms with Crippen molar-refractivity contribution < 1.29 is 48.7 Å². The van der Waals surface area contributed by atoms with Crippen molar-refractivity contribution in [3.63, 3.8) is 0 Å². The number of carboxylic acids is 1. The van der Waals surface area contributed by atoms with E-state index in [1.165, 1.54) is 10.9 Å². The second kappa shape index (κ2) is 10.4. The number of halogens is 1. The summed E-state index contributed by atoms with van der Waals surface area (Å²) in [5, 5.41) is 35.6. The molecule has 15 nitrogen and oxygen atoms in total. The summed E-state index contributed by atoms with van der Waals surface area (Å²) in [5.74, 6) is -1.50. The zero-order valence-corrected chi connectivity index (χ0v) is 20.7. The van der Waals surface area contributed by atoms with E-state index >= 15 is 0 Å². The van der Waals surface area contributed by atoms with E-state index in [9.17, 15) is 34.5 Å². The van der Waals surface area contributed by atoms with Crippen LogP contribution in [0.5, 0.6) is 0 Å². The summed E-state index contributed by atoms with van der Waals surface area (Å²) in [4.78, 5) is 39.4. The second-order valence-corrected chi connectivity index (χ2v) is 10.9. The zero-order chi connectivity index (χ0) is 26.3. The summed E-state index contributed by atoms with van der Waals surface area (Å²) in [6.45, 7) is -1.77. The number of aromatic nitrogens is 4. The number of fused-ring (bicyclic) bond motifs is 1. The van der Waals surface area contributed by atoms with E-state index in [1.54, 1.807) is 0 Å². The summed E-state index contributed by atoms with van der Waals surface area (Å²) in [6.07, 6.45) is -0.261. The molecule has 1 saturated heterocycles. The number of methoxy groups -OCH3 is 1. The smallest absolute Gasteiger partial charge is 0.371 e. The topological polar surface area (TPSA) is 219 Å². The molecule has 2 aromatic rings. The molecule has 1 unspecified atom stereocenters. The summed E-state index contributed by atoms with van der Waals surface area (Å²) in [5.41, 5.74) is 0.211. The quantitative estimate of drug-likeness (QED) is 0.170. The van der Waals surface area contributed by atoms with Crippen molar-refractivity contribution in [2.75, 3.05) is 25.6 Å². The van der Waals surface area contributed by atoms with Crippen LogP contribution in [0.3, 0.4) is 0 Å². The molecule has 1 aliphatic carbocycles. The molecule has 0 radical (unpaired) electrons. The Balaban J connectivity index is 1.57. The maximum absolute atomic E-state index is 11.9. The highest BCUT2D eigenvalue weighted by Gasteiger charge is 2.57. The van der Waals surface area contributed by atoms with Gasteiger partial charge < -0.3 is 44.6 Å². The molecule has 1 saturated carbocycles. The molecule has 0 spiro atoms.